The Labute approximate surface area is 140 Å². The fourth-order valence-corrected chi connectivity index (χ4v) is 3.29. The molecule has 7 heteroatoms. The molecule has 0 aromatic carbocycles. The Morgan fingerprint density at radius 3 is 2.79 bits per heavy atom. The van der Waals surface area contributed by atoms with E-state index >= 15 is 0 Å². The molecule has 3 rings (SSSR count). The summed E-state index contributed by atoms with van der Waals surface area (Å²) in [6.07, 6.45) is 3.39. The number of hydrogen-bond donors (Lipinski definition) is 2. The minimum Gasteiger partial charge on any atom is -0.350 e. The Kier molecular flexibility index (Phi) is 5.08. The smallest absolute Gasteiger partial charge is 0.269 e. The van der Waals surface area contributed by atoms with Crippen LogP contribution in [0.1, 0.15) is 29.8 Å². The minimum atomic E-state index is -1.74. The second-order valence-corrected chi connectivity index (χ2v) is 6.55. The molecule has 2 fully saturated rings. The summed E-state index contributed by atoms with van der Waals surface area (Å²) < 4.78 is 14.5. The molecule has 0 bridgehead atoms. The lowest BCUT2D eigenvalue weighted by atomic mass is 9.94. The molecule has 1 aromatic rings. The standard InChI is InChI=1S/C17H23FN4O2/c18-17(6-8-19-12-17)16(24)22-9-4-13(5-10-22)11-21-15(23)14-3-1-2-7-20-14/h1-3,7,13,19H,4-6,8-12H2,(H,21,23). The van der Waals surface area contributed by atoms with E-state index in [2.05, 4.69) is 15.6 Å². The first-order valence-electron chi connectivity index (χ1n) is 8.47. The Hall–Kier alpha value is -2.02. The molecule has 0 saturated carbocycles. The maximum Gasteiger partial charge on any atom is 0.269 e. The first-order valence-corrected chi connectivity index (χ1v) is 8.47. The zero-order valence-electron chi connectivity index (χ0n) is 13.6. The highest BCUT2D eigenvalue weighted by Crippen LogP contribution is 2.26. The molecule has 3 heterocycles. The van der Waals surface area contributed by atoms with Crippen molar-refractivity contribution < 1.29 is 14.0 Å². The van der Waals surface area contributed by atoms with Crippen LogP contribution in [0, 0.1) is 5.92 Å². The molecule has 1 aromatic heterocycles. The van der Waals surface area contributed by atoms with E-state index in [0.29, 0.717) is 37.8 Å². The number of likely N-dealkylation sites (tertiary alicyclic amines) is 1. The Balaban J connectivity index is 1.44. The molecule has 130 valence electrons. The molecule has 2 saturated heterocycles. The van der Waals surface area contributed by atoms with Crippen LogP contribution in [0.25, 0.3) is 0 Å². The zero-order valence-corrected chi connectivity index (χ0v) is 13.6. The van der Waals surface area contributed by atoms with Crippen LogP contribution in [-0.2, 0) is 4.79 Å². The summed E-state index contributed by atoms with van der Waals surface area (Å²) in [4.78, 5) is 29.9. The number of amides is 2. The van der Waals surface area contributed by atoms with Crippen LogP contribution in [-0.4, -0.2) is 60.1 Å². The number of halogens is 1. The molecule has 2 aliphatic heterocycles. The summed E-state index contributed by atoms with van der Waals surface area (Å²) in [6.45, 7) is 2.33. The van der Waals surface area contributed by atoms with Crippen molar-refractivity contribution in [2.75, 3.05) is 32.7 Å². The van der Waals surface area contributed by atoms with Gasteiger partial charge in [0.2, 0.25) is 5.67 Å². The van der Waals surface area contributed by atoms with Crippen molar-refractivity contribution in [3.8, 4) is 0 Å². The van der Waals surface area contributed by atoms with Crippen LogP contribution >= 0.6 is 0 Å². The predicted molar refractivity (Wildman–Crippen MR) is 87.2 cm³/mol. The molecular weight excluding hydrogens is 311 g/mol. The highest BCUT2D eigenvalue weighted by Gasteiger charge is 2.44. The van der Waals surface area contributed by atoms with Gasteiger partial charge in [0.15, 0.2) is 0 Å². The van der Waals surface area contributed by atoms with Gasteiger partial charge in [0.05, 0.1) is 0 Å². The largest absolute Gasteiger partial charge is 0.350 e. The monoisotopic (exact) mass is 334 g/mol. The molecule has 0 aliphatic carbocycles. The number of rotatable bonds is 4. The second-order valence-electron chi connectivity index (χ2n) is 6.55. The van der Waals surface area contributed by atoms with E-state index in [1.165, 1.54) is 0 Å². The van der Waals surface area contributed by atoms with E-state index in [1.54, 1.807) is 29.3 Å². The molecule has 0 radical (unpaired) electrons. The maximum absolute atomic E-state index is 14.5. The number of nitrogens with one attached hydrogen (secondary N) is 2. The molecule has 1 atom stereocenters. The number of piperidine rings is 1. The third-order valence-electron chi connectivity index (χ3n) is 4.84. The van der Waals surface area contributed by atoms with E-state index < -0.39 is 5.67 Å². The fourth-order valence-electron chi connectivity index (χ4n) is 3.29. The quantitative estimate of drug-likeness (QED) is 0.852. The predicted octanol–water partition coefficient (Wildman–Crippen LogP) is 0.752. The van der Waals surface area contributed by atoms with E-state index in [1.807, 2.05) is 0 Å². The summed E-state index contributed by atoms with van der Waals surface area (Å²) in [5.41, 5.74) is -1.33. The second kappa shape index (κ2) is 7.25. The van der Waals surface area contributed by atoms with Gasteiger partial charge in [-0.1, -0.05) is 6.07 Å². The molecule has 0 spiro atoms. The normalized spacial score (nSPS) is 24.8. The third-order valence-corrected chi connectivity index (χ3v) is 4.84. The lowest BCUT2D eigenvalue weighted by molar-refractivity contribution is -0.144. The summed E-state index contributed by atoms with van der Waals surface area (Å²) in [5, 5.41) is 5.80. The molecule has 2 N–H and O–H groups in total. The summed E-state index contributed by atoms with van der Waals surface area (Å²) in [7, 11) is 0. The van der Waals surface area contributed by atoms with Crippen LogP contribution in [0.3, 0.4) is 0 Å². The Morgan fingerprint density at radius 1 is 1.38 bits per heavy atom. The molecule has 2 amide bonds. The van der Waals surface area contributed by atoms with E-state index in [4.69, 9.17) is 0 Å². The van der Waals surface area contributed by atoms with E-state index in [-0.39, 0.29) is 24.8 Å². The van der Waals surface area contributed by atoms with Gasteiger partial charge in [0.1, 0.15) is 5.69 Å². The van der Waals surface area contributed by atoms with Gasteiger partial charge in [-0.05, 0) is 37.4 Å². The molecule has 6 nitrogen and oxygen atoms in total. The fraction of sp³-hybridized carbons (Fsp3) is 0.588. The van der Waals surface area contributed by atoms with Gasteiger partial charge in [-0.15, -0.1) is 0 Å². The van der Waals surface area contributed by atoms with Crippen molar-refractivity contribution >= 4 is 11.8 Å². The number of carbonyl (C=O) groups excluding carboxylic acids is 2. The third kappa shape index (κ3) is 3.72. The number of carbonyl (C=O) groups is 2. The highest BCUT2D eigenvalue weighted by molar-refractivity contribution is 5.92. The van der Waals surface area contributed by atoms with Crippen molar-refractivity contribution in [2.24, 2.45) is 5.92 Å². The van der Waals surface area contributed by atoms with Crippen LogP contribution < -0.4 is 10.6 Å². The number of alkyl halides is 1. The van der Waals surface area contributed by atoms with Crippen molar-refractivity contribution in [1.29, 1.82) is 0 Å². The van der Waals surface area contributed by atoms with E-state index in [0.717, 1.165) is 12.8 Å². The minimum absolute atomic E-state index is 0.117. The van der Waals surface area contributed by atoms with Crippen molar-refractivity contribution in [3.05, 3.63) is 30.1 Å². The Morgan fingerprint density at radius 2 is 2.17 bits per heavy atom. The molecule has 2 aliphatic rings. The van der Waals surface area contributed by atoms with Gasteiger partial charge in [0.25, 0.3) is 11.8 Å². The number of hydrogen-bond acceptors (Lipinski definition) is 4. The summed E-state index contributed by atoms with van der Waals surface area (Å²) in [6, 6.07) is 5.21. The topological polar surface area (TPSA) is 74.3 Å². The molecule has 24 heavy (non-hydrogen) atoms. The first-order chi connectivity index (χ1) is 11.6. The maximum atomic E-state index is 14.5. The van der Waals surface area contributed by atoms with Gasteiger partial charge < -0.3 is 15.5 Å². The van der Waals surface area contributed by atoms with Crippen LogP contribution in [0.5, 0.6) is 0 Å². The molecule has 1 unspecified atom stereocenters. The van der Waals surface area contributed by atoms with Gasteiger partial charge in [-0.3, -0.25) is 14.6 Å². The van der Waals surface area contributed by atoms with Crippen molar-refractivity contribution in [2.45, 2.75) is 24.9 Å². The van der Waals surface area contributed by atoms with Crippen LogP contribution in [0.4, 0.5) is 4.39 Å². The lowest BCUT2D eigenvalue weighted by Crippen LogP contribution is -2.50. The van der Waals surface area contributed by atoms with E-state index in [9.17, 15) is 14.0 Å². The van der Waals surface area contributed by atoms with Gasteiger partial charge >= 0.3 is 0 Å². The van der Waals surface area contributed by atoms with Gasteiger partial charge in [-0.25, -0.2) is 4.39 Å². The van der Waals surface area contributed by atoms with Gasteiger partial charge in [0, 0.05) is 38.8 Å². The summed E-state index contributed by atoms with van der Waals surface area (Å²) in [5.74, 6) is -0.267. The summed E-state index contributed by atoms with van der Waals surface area (Å²) >= 11 is 0. The van der Waals surface area contributed by atoms with Gasteiger partial charge in [-0.2, -0.15) is 0 Å². The zero-order chi connectivity index (χ0) is 17.0. The van der Waals surface area contributed by atoms with Crippen LogP contribution in [0.2, 0.25) is 0 Å². The lowest BCUT2D eigenvalue weighted by Gasteiger charge is -2.35. The average Bonchev–Trinajstić information content (AvgIpc) is 3.08. The van der Waals surface area contributed by atoms with Crippen LogP contribution in [0.15, 0.2) is 24.4 Å². The number of aromatic nitrogens is 1. The SMILES string of the molecule is O=C(NCC1CCN(C(=O)C2(F)CCNC2)CC1)c1ccccn1. The number of nitrogens with zero attached hydrogens (tertiary/aromatic N) is 2. The average molecular weight is 334 g/mol. The highest BCUT2D eigenvalue weighted by atomic mass is 19.1. The Bertz CT molecular complexity index is 582. The van der Waals surface area contributed by atoms with Crippen molar-refractivity contribution in [1.82, 2.24) is 20.5 Å². The first kappa shape index (κ1) is 16.8. The van der Waals surface area contributed by atoms with Crippen molar-refractivity contribution in [3.63, 3.8) is 0 Å². The number of pyridine rings is 1. The molecular formula is C17H23FN4O2.